The SMILES string of the molecule is CC(=O)C(=Cc1cccc([N+](=O)[O-])c1)C(=O)OCCCN1CCC(c2ccccc2)(c2ccccc2)CC1.Cl. The number of esters is 1. The van der Waals surface area contributed by atoms with Crippen molar-refractivity contribution in [2.75, 3.05) is 26.2 Å². The highest BCUT2D eigenvalue weighted by atomic mass is 35.5. The van der Waals surface area contributed by atoms with E-state index in [1.54, 1.807) is 6.07 Å². The quantitative estimate of drug-likeness (QED) is 0.0586. The first kappa shape index (κ1) is 29.7. The summed E-state index contributed by atoms with van der Waals surface area (Å²) in [5, 5.41) is 11.0. The number of rotatable bonds is 10. The van der Waals surface area contributed by atoms with E-state index in [0.717, 1.165) is 32.5 Å². The summed E-state index contributed by atoms with van der Waals surface area (Å²) in [6, 6.07) is 27.2. The fraction of sp³-hybridized carbons (Fsp3) is 0.290. The van der Waals surface area contributed by atoms with Gasteiger partial charge in [-0.2, -0.15) is 0 Å². The third kappa shape index (κ3) is 7.40. The van der Waals surface area contributed by atoms with Crippen LogP contribution in [0, 0.1) is 10.1 Å². The highest BCUT2D eigenvalue weighted by Crippen LogP contribution is 2.41. The Hall–Kier alpha value is -3.81. The first-order valence-electron chi connectivity index (χ1n) is 12.9. The summed E-state index contributed by atoms with van der Waals surface area (Å²) in [4.78, 5) is 37.6. The lowest BCUT2D eigenvalue weighted by atomic mass is 9.68. The van der Waals surface area contributed by atoms with Gasteiger partial charge in [0.25, 0.3) is 5.69 Å². The second kappa shape index (κ2) is 13.8. The van der Waals surface area contributed by atoms with E-state index in [4.69, 9.17) is 4.74 Å². The van der Waals surface area contributed by atoms with Gasteiger partial charge in [-0.25, -0.2) is 4.79 Å². The zero-order valence-electron chi connectivity index (χ0n) is 22.0. The highest BCUT2D eigenvalue weighted by molar-refractivity contribution is 6.19. The molecule has 4 rings (SSSR count). The van der Waals surface area contributed by atoms with E-state index in [2.05, 4.69) is 65.6 Å². The molecule has 0 N–H and O–H groups in total. The minimum Gasteiger partial charge on any atom is -0.462 e. The Morgan fingerprint density at radius 1 is 0.949 bits per heavy atom. The summed E-state index contributed by atoms with van der Waals surface area (Å²) in [5.41, 5.74) is 2.83. The number of likely N-dealkylation sites (tertiary alicyclic amines) is 1. The molecule has 1 fully saturated rings. The number of benzene rings is 3. The van der Waals surface area contributed by atoms with Gasteiger partial charge in [-0.15, -0.1) is 12.4 Å². The fourth-order valence-corrected chi connectivity index (χ4v) is 5.15. The number of hydrogen-bond donors (Lipinski definition) is 0. The summed E-state index contributed by atoms with van der Waals surface area (Å²) >= 11 is 0. The van der Waals surface area contributed by atoms with Crippen molar-refractivity contribution in [2.45, 2.75) is 31.6 Å². The summed E-state index contributed by atoms with van der Waals surface area (Å²) < 4.78 is 5.40. The lowest BCUT2D eigenvalue weighted by molar-refractivity contribution is -0.384. The third-order valence-corrected chi connectivity index (χ3v) is 7.21. The normalized spacial score (nSPS) is 15.2. The molecule has 0 aliphatic carbocycles. The molecule has 3 aromatic carbocycles. The number of hydrogen-bond acceptors (Lipinski definition) is 6. The lowest BCUT2D eigenvalue weighted by Gasteiger charge is -2.43. The highest BCUT2D eigenvalue weighted by Gasteiger charge is 2.37. The average Bonchev–Trinajstić information content (AvgIpc) is 2.95. The summed E-state index contributed by atoms with van der Waals surface area (Å²) in [6.45, 7) is 4.13. The molecule has 1 heterocycles. The van der Waals surface area contributed by atoms with Crippen molar-refractivity contribution in [3.63, 3.8) is 0 Å². The molecule has 0 saturated carbocycles. The first-order chi connectivity index (χ1) is 18.4. The number of non-ortho nitro benzene ring substituents is 1. The van der Waals surface area contributed by atoms with Crippen molar-refractivity contribution in [1.29, 1.82) is 0 Å². The predicted molar refractivity (Wildman–Crippen MR) is 154 cm³/mol. The average molecular weight is 549 g/mol. The molecule has 1 saturated heterocycles. The Bertz CT molecular complexity index is 1260. The fourth-order valence-electron chi connectivity index (χ4n) is 5.15. The van der Waals surface area contributed by atoms with Crippen molar-refractivity contribution >= 4 is 35.9 Å². The third-order valence-electron chi connectivity index (χ3n) is 7.21. The molecule has 1 aliphatic heterocycles. The minimum absolute atomic E-state index is 0. The zero-order chi connectivity index (χ0) is 27.0. The topological polar surface area (TPSA) is 89.8 Å². The molecular weight excluding hydrogens is 516 g/mol. The molecule has 0 unspecified atom stereocenters. The Morgan fingerprint density at radius 3 is 2.08 bits per heavy atom. The van der Waals surface area contributed by atoms with Crippen molar-refractivity contribution < 1.29 is 19.2 Å². The number of nitro benzene ring substituents is 1. The van der Waals surface area contributed by atoms with E-state index < -0.39 is 16.7 Å². The molecule has 0 radical (unpaired) electrons. The van der Waals surface area contributed by atoms with E-state index >= 15 is 0 Å². The summed E-state index contributed by atoms with van der Waals surface area (Å²) in [5.74, 6) is -1.16. The number of nitro groups is 1. The maximum Gasteiger partial charge on any atom is 0.341 e. The van der Waals surface area contributed by atoms with Crippen LogP contribution >= 0.6 is 12.4 Å². The number of Topliss-reactive ketones (excluding diaryl/α,β-unsaturated/α-hetero) is 1. The summed E-state index contributed by atoms with van der Waals surface area (Å²) in [6.07, 6.45) is 3.99. The number of ether oxygens (including phenoxy) is 1. The number of ketones is 1. The lowest BCUT2D eigenvalue weighted by Crippen LogP contribution is -2.43. The van der Waals surface area contributed by atoms with Crippen molar-refractivity contribution in [3.05, 3.63) is 117 Å². The monoisotopic (exact) mass is 548 g/mol. The largest absolute Gasteiger partial charge is 0.462 e. The maximum atomic E-state index is 12.6. The van der Waals surface area contributed by atoms with Gasteiger partial charge in [0.15, 0.2) is 5.78 Å². The van der Waals surface area contributed by atoms with Crippen LogP contribution in [0.25, 0.3) is 6.08 Å². The zero-order valence-corrected chi connectivity index (χ0v) is 22.8. The Balaban J connectivity index is 0.00000420. The molecule has 0 spiro atoms. The van der Waals surface area contributed by atoms with E-state index in [-0.39, 0.29) is 35.7 Å². The molecule has 3 aromatic rings. The Morgan fingerprint density at radius 2 is 1.54 bits per heavy atom. The number of carbonyl (C=O) groups excluding carboxylic acids is 2. The van der Waals surface area contributed by atoms with Gasteiger partial charge >= 0.3 is 5.97 Å². The van der Waals surface area contributed by atoms with Gasteiger partial charge < -0.3 is 9.64 Å². The predicted octanol–water partition coefficient (Wildman–Crippen LogP) is 6.00. The molecule has 1 aliphatic rings. The van der Waals surface area contributed by atoms with E-state index in [1.807, 2.05) is 0 Å². The van der Waals surface area contributed by atoms with Crippen LogP contribution in [0.15, 0.2) is 90.5 Å². The van der Waals surface area contributed by atoms with Crippen LogP contribution in [0.2, 0.25) is 0 Å². The Labute approximate surface area is 235 Å². The number of piperidine rings is 1. The van der Waals surface area contributed by atoms with Crippen LogP contribution in [0.4, 0.5) is 5.69 Å². The van der Waals surface area contributed by atoms with Crippen LogP contribution < -0.4 is 0 Å². The van der Waals surface area contributed by atoms with Crippen molar-refractivity contribution in [2.24, 2.45) is 0 Å². The van der Waals surface area contributed by atoms with E-state index in [1.165, 1.54) is 42.3 Å². The standard InChI is InChI=1S/C31H32N2O5.ClH/c1-24(34)29(23-25-10-8-15-28(22-25)33(36)37)30(35)38-21-9-18-32-19-16-31(17-20-32,26-11-4-2-5-12-26)27-13-6-3-7-14-27;/h2-8,10-15,22-23H,9,16-21H2,1H3;1H. The van der Waals surface area contributed by atoms with E-state index in [9.17, 15) is 19.7 Å². The molecular formula is C31H33ClN2O5. The molecule has 204 valence electrons. The van der Waals surface area contributed by atoms with Crippen molar-refractivity contribution in [1.82, 2.24) is 4.90 Å². The number of halogens is 1. The van der Waals surface area contributed by atoms with Crippen LogP contribution in [-0.2, 0) is 19.7 Å². The minimum atomic E-state index is -0.713. The van der Waals surface area contributed by atoms with Gasteiger partial charge in [-0.3, -0.25) is 14.9 Å². The molecule has 0 amide bonds. The van der Waals surface area contributed by atoms with Crippen LogP contribution in [0.3, 0.4) is 0 Å². The van der Waals surface area contributed by atoms with E-state index in [0.29, 0.717) is 12.0 Å². The molecule has 0 bridgehead atoms. The molecule has 0 aromatic heterocycles. The molecule has 39 heavy (non-hydrogen) atoms. The van der Waals surface area contributed by atoms with Gasteiger partial charge in [0.05, 0.1) is 11.5 Å². The molecule has 7 nitrogen and oxygen atoms in total. The van der Waals surface area contributed by atoms with Crippen LogP contribution in [-0.4, -0.2) is 47.8 Å². The smallest absolute Gasteiger partial charge is 0.341 e. The molecule has 8 heteroatoms. The second-order valence-corrected chi connectivity index (χ2v) is 9.61. The maximum absolute atomic E-state index is 12.6. The van der Waals surface area contributed by atoms with Crippen LogP contribution in [0.5, 0.6) is 0 Å². The molecule has 0 atom stereocenters. The van der Waals surface area contributed by atoms with Gasteiger partial charge in [0.2, 0.25) is 0 Å². The van der Waals surface area contributed by atoms with Gasteiger partial charge in [-0.05, 0) is 62.0 Å². The van der Waals surface area contributed by atoms with Gasteiger partial charge in [-0.1, -0.05) is 72.8 Å². The van der Waals surface area contributed by atoms with Gasteiger partial charge in [0, 0.05) is 24.1 Å². The Kier molecular flexibility index (Phi) is 10.5. The number of carbonyl (C=O) groups is 2. The number of nitrogens with zero attached hydrogens (tertiary/aromatic N) is 2. The van der Waals surface area contributed by atoms with Crippen LogP contribution in [0.1, 0.15) is 42.9 Å². The second-order valence-electron chi connectivity index (χ2n) is 9.61. The van der Waals surface area contributed by atoms with Crippen molar-refractivity contribution in [3.8, 4) is 0 Å². The first-order valence-corrected chi connectivity index (χ1v) is 12.9. The summed E-state index contributed by atoms with van der Waals surface area (Å²) in [7, 11) is 0. The van der Waals surface area contributed by atoms with Gasteiger partial charge in [0.1, 0.15) is 5.57 Å².